The average Bonchev–Trinajstić information content (AvgIpc) is 3.13. The number of primary amides is 1. The molecule has 0 aliphatic heterocycles. The Bertz CT molecular complexity index is 1280. The van der Waals surface area contributed by atoms with Crippen LogP contribution in [0.2, 0.25) is 0 Å². The van der Waals surface area contributed by atoms with Gasteiger partial charge in [-0.15, -0.1) is 11.3 Å². The van der Waals surface area contributed by atoms with E-state index in [1.807, 2.05) is 18.2 Å². The molecule has 0 radical (unpaired) electrons. The van der Waals surface area contributed by atoms with Gasteiger partial charge in [0.15, 0.2) is 5.82 Å². The van der Waals surface area contributed by atoms with Gasteiger partial charge in [0, 0.05) is 38.3 Å². The fourth-order valence-corrected chi connectivity index (χ4v) is 5.51. The molecule has 2 aromatic heterocycles. The van der Waals surface area contributed by atoms with E-state index >= 15 is 0 Å². The Labute approximate surface area is 185 Å². The molecule has 2 aromatic carbocycles. The zero-order chi connectivity index (χ0) is 21.4. The number of thiophene rings is 1. The Morgan fingerprint density at radius 2 is 1.87 bits per heavy atom. The highest BCUT2D eigenvalue weighted by molar-refractivity contribution is 7.20. The molecule has 0 saturated carbocycles. The summed E-state index contributed by atoms with van der Waals surface area (Å²) in [5.41, 5.74) is 10.8. The van der Waals surface area contributed by atoms with Crippen molar-refractivity contribution in [2.75, 3.05) is 5.32 Å². The first-order valence-corrected chi connectivity index (χ1v) is 11.4. The predicted molar refractivity (Wildman–Crippen MR) is 127 cm³/mol. The Morgan fingerprint density at radius 1 is 1.06 bits per heavy atom. The molecule has 3 N–H and O–H groups in total. The van der Waals surface area contributed by atoms with Crippen molar-refractivity contribution in [1.29, 1.82) is 0 Å². The van der Waals surface area contributed by atoms with Gasteiger partial charge >= 0.3 is 0 Å². The minimum atomic E-state index is -0.407. The molecule has 156 valence electrons. The number of nitrogens with one attached hydrogen (secondary N) is 1. The van der Waals surface area contributed by atoms with Crippen LogP contribution in [0.15, 0.2) is 48.5 Å². The summed E-state index contributed by atoms with van der Waals surface area (Å²) in [5, 5.41) is 4.56. The molecule has 0 spiro atoms. The third kappa shape index (κ3) is 3.68. The second kappa shape index (κ2) is 8.12. The summed E-state index contributed by atoms with van der Waals surface area (Å²) < 4.78 is 0.905. The van der Waals surface area contributed by atoms with Gasteiger partial charge in [0.05, 0.1) is 5.56 Å². The standard InChI is InChI=1S/C25H24N4OS/c1-15-21(18-11-7-12-19(23(26)30)22(18)31-15)25-28-20-13-6-5-10-17(20)24(29-25)27-14-16-8-3-2-4-9-16/h2-4,7-9,11-12H,5-6,10,13-14H2,1H3,(H2,26,30)(H,27,28,29). The number of nitrogens with two attached hydrogens (primary N) is 1. The third-order valence-electron chi connectivity index (χ3n) is 5.87. The molecule has 0 saturated heterocycles. The fourth-order valence-electron chi connectivity index (χ4n) is 4.34. The van der Waals surface area contributed by atoms with Crippen LogP contribution in [-0.2, 0) is 19.4 Å². The Balaban J connectivity index is 1.62. The van der Waals surface area contributed by atoms with Gasteiger partial charge in [-0.25, -0.2) is 9.97 Å². The molecule has 2 heterocycles. The largest absolute Gasteiger partial charge is 0.366 e. The monoisotopic (exact) mass is 428 g/mol. The molecule has 31 heavy (non-hydrogen) atoms. The topological polar surface area (TPSA) is 80.9 Å². The zero-order valence-electron chi connectivity index (χ0n) is 17.4. The summed E-state index contributed by atoms with van der Waals surface area (Å²) in [4.78, 5) is 23.0. The van der Waals surface area contributed by atoms with Crippen LogP contribution in [0, 0.1) is 6.92 Å². The van der Waals surface area contributed by atoms with Gasteiger partial charge in [-0.1, -0.05) is 42.5 Å². The van der Waals surface area contributed by atoms with Crippen LogP contribution < -0.4 is 11.1 Å². The van der Waals surface area contributed by atoms with E-state index in [1.165, 1.54) is 11.1 Å². The van der Waals surface area contributed by atoms with Crippen LogP contribution in [-0.4, -0.2) is 15.9 Å². The summed E-state index contributed by atoms with van der Waals surface area (Å²) in [6.45, 7) is 2.78. The number of aryl methyl sites for hydroxylation is 2. The molecule has 0 unspecified atom stereocenters. The number of hydrogen-bond donors (Lipinski definition) is 2. The van der Waals surface area contributed by atoms with Gasteiger partial charge in [0.25, 0.3) is 0 Å². The van der Waals surface area contributed by atoms with E-state index in [1.54, 1.807) is 17.4 Å². The van der Waals surface area contributed by atoms with Crippen molar-refractivity contribution < 1.29 is 4.79 Å². The van der Waals surface area contributed by atoms with E-state index in [2.05, 4.69) is 36.5 Å². The molecule has 1 aliphatic rings. The highest BCUT2D eigenvalue weighted by atomic mass is 32.1. The van der Waals surface area contributed by atoms with E-state index < -0.39 is 5.91 Å². The Hall–Kier alpha value is -3.25. The molecular weight excluding hydrogens is 404 g/mol. The van der Waals surface area contributed by atoms with Crippen LogP contribution in [0.1, 0.15) is 44.9 Å². The van der Waals surface area contributed by atoms with Crippen molar-refractivity contribution in [2.45, 2.75) is 39.2 Å². The minimum Gasteiger partial charge on any atom is -0.366 e. The van der Waals surface area contributed by atoms with E-state index in [-0.39, 0.29) is 0 Å². The molecule has 0 bridgehead atoms. The second-order valence-electron chi connectivity index (χ2n) is 7.95. The normalized spacial score (nSPS) is 13.2. The number of fused-ring (bicyclic) bond motifs is 2. The number of rotatable bonds is 5. The molecule has 1 amide bonds. The average molecular weight is 429 g/mol. The van der Waals surface area contributed by atoms with Gasteiger partial charge in [-0.05, 0) is 44.2 Å². The van der Waals surface area contributed by atoms with Crippen LogP contribution in [0.4, 0.5) is 5.82 Å². The van der Waals surface area contributed by atoms with Gasteiger partial charge < -0.3 is 11.1 Å². The molecule has 1 aliphatic carbocycles. The van der Waals surface area contributed by atoms with Crippen molar-refractivity contribution in [3.8, 4) is 11.4 Å². The molecule has 0 atom stereocenters. The van der Waals surface area contributed by atoms with Crippen molar-refractivity contribution in [1.82, 2.24) is 9.97 Å². The maximum absolute atomic E-state index is 11.9. The summed E-state index contributed by atoms with van der Waals surface area (Å²) in [6.07, 6.45) is 4.29. The lowest BCUT2D eigenvalue weighted by molar-refractivity contribution is 0.100. The summed E-state index contributed by atoms with van der Waals surface area (Å²) in [6, 6.07) is 16.0. The molecule has 4 aromatic rings. The number of aromatic nitrogens is 2. The number of benzene rings is 2. The summed E-state index contributed by atoms with van der Waals surface area (Å²) in [7, 11) is 0. The highest BCUT2D eigenvalue weighted by Crippen LogP contribution is 2.40. The maximum Gasteiger partial charge on any atom is 0.250 e. The smallest absolute Gasteiger partial charge is 0.250 e. The number of carbonyl (C=O) groups excluding carboxylic acids is 1. The van der Waals surface area contributed by atoms with E-state index in [0.29, 0.717) is 5.56 Å². The molecule has 5 rings (SSSR count). The zero-order valence-corrected chi connectivity index (χ0v) is 18.3. The van der Waals surface area contributed by atoms with Crippen molar-refractivity contribution in [2.24, 2.45) is 5.73 Å². The lowest BCUT2D eigenvalue weighted by atomic mass is 9.96. The number of nitrogens with zero attached hydrogens (tertiary/aromatic N) is 2. The molecule has 5 nitrogen and oxygen atoms in total. The summed E-state index contributed by atoms with van der Waals surface area (Å²) in [5.74, 6) is 1.24. The van der Waals surface area contributed by atoms with Crippen LogP contribution >= 0.6 is 11.3 Å². The minimum absolute atomic E-state index is 0.407. The quantitative estimate of drug-likeness (QED) is 0.454. The van der Waals surface area contributed by atoms with Crippen LogP contribution in [0.5, 0.6) is 0 Å². The van der Waals surface area contributed by atoms with Crippen molar-refractivity contribution in [3.05, 3.63) is 75.8 Å². The lowest BCUT2D eigenvalue weighted by Crippen LogP contribution is -2.14. The maximum atomic E-state index is 11.9. The highest BCUT2D eigenvalue weighted by Gasteiger charge is 2.22. The summed E-state index contributed by atoms with van der Waals surface area (Å²) >= 11 is 1.58. The Morgan fingerprint density at radius 3 is 2.68 bits per heavy atom. The first-order chi connectivity index (χ1) is 15.1. The number of amides is 1. The number of carbonyl (C=O) groups is 1. The van der Waals surface area contributed by atoms with Crippen LogP contribution in [0.3, 0.4) is 0 Å². The van der Waals surface area contributed by atoms with Crippen LogP contribution in [0.25, 0.3) is 21.5 Å². The predicted octanol–water partition coefficient (Wildman–Crippen LogP) is 5.26. The van der Waals surface area contributed by atoms with Gasteiger partial charge in [-0.3, -0.25) is 4.79 Å². The Kier molecular flexibility index (Phi) is 5.16. The van der Waals surface area contributed by atoms with Gasteiger partial charge in [0.2, 0.25) is 5.91 Å². The molecule has 0 fully saturated rings. The SMILES string of the molecule is Cc1sc2c(C(N)=O)cccc2c1-c1nc2c(c(NCc3ccccc3)n1)CCCC2. The van der Waals surface area contributed by atoms with Gasteiger partial charge in [0.1, 0.15) is 5.82 Å². The molecular formula is C25H24N4OS. The van der Waals surface area contributed by atoms with E-state index in [4.69, 9.17) is 15.7 Å². The second-order valence-corrected chi connectivity index (χ2v) is 9.17. The molecule has 6 heteroatoms. The fraction of sp³-hybridized carbons (Fsp3) is 0.240. The first kappa shape index (κ1) is 19.7. The first-order valence-electron chi connectivity index (χ1n) is 10.6. The number of hydrogen-bond acceptors (Lipinski definition) is 5. The number of anilines is 1. The van der Waals surface area contributed by atoms with E-state index in [9.17, 15) is 4.79 Å². The van der Waals surface area contributed by atoms with Crippen molar-refractivity contribution in [3.63, 3.8) is 0 Å². The van der Waals surface area contributed by atoms with Gasteiger partial charge in [-0.2, -0.15) is 0 Å². The van der Waals surface area contributed by atoms with E-state index in [0.717, 1.165) is 70.1 Å². The third-order valence-corrected chi connectivity index (χ3v) is 7.02. The lowest BCUT2D eigenvalue weighted by Gasteiger charge is -2.20. The van der Waals surface area contributed by atoms with Crippen molar-refractivity contribution >= 4 is 33.1 Å².